The van der Waals surface area contributed by atoms with Crippen LogP contribution in [0.3, 0.4) is 0 Å². The summed E-state index contributed by atoms with van der Waals surface area (Å²) in [5.74, 6) is 0.374. The lowest BCUT2D eigenvalue weighted by Crippen LogP contribution is -2.25. The number of hydrogen-bond donors (Lipinski definition) is 0. The van der Waals surface area contributed by atoms with E-state index in [9.17, 15) is 4.79 Å². The molecule has 0 saturated carbocycles. The van der Waals surface area contributed by atoms with Crippen molar-refractivity contribution in [1.82, 2.24) is 0 Å². The Balaban J connectivity index is 2.80. The second-order valence-corrected chi connectivity index (χ2v) is 13.6. The lowest BCUT2D eigenvalue weighted by Gasteiger charge is -2.24. The van der Waals surface area contributed by atoms with E-state index in [1.165, 1.54) is 6.92 Å². The first-order valence-corrected chi connectivity index (χ1v) is 11.9. The van der Waals surface area contributed by atoms with Gasteiger partial charge in [-0.2, -0.15) is 0 Å². The van der Waals surface area contributed by atoms with Gasteiger partial charge >= 0.3 is 5.97 Å². The van der Waals surface area contributed by atoms with Gasteiger partial charge in [-0.15, -0.1) is 0 Å². The summed E-state index contributed by atoms with van der Waals surface area (Å²) in [5, 5.41) is 1.12. The molecule has 0 fully saturated rings. The summed E-state index contributed by atoms with van der Waals surface area (Å²) in [5.41, 5.74) is 4.27. The van der Waals surface area contributed by atoms with Crippen molar-refractivity contribution in [3.05, 3.63) is 58.8 Å². The summed E-state index contributed by atoms with van der Waals surface area (Å²) >= 11 is 0. The van der Waals surface area contributed by atoms with Gasteiger partial charge in [0.25, 0.3) is 0 Å². The Morgan fingerprint density at radius 2 is 1.67 bits per heavy atom. The Morgan fingerprint density at radius 1 is 1.12 bits per heavy atom. The maximum Gasteiger partial charge on any atom is 0.308 e. The largest absolute Gasteiger partial charge is 0.425 e. The molecule has 2 rings (SSSR count). The molecule has 0 aromatic heterocycles. The molecule has 0 spiro atoms. The second-order valence-electron chi connectivity index (χ2n) is 8.50. The van der Waals surface area contributed by atoms with Crippen molar-refractivity contribution in [2.75, 3.05) is 0 Å². The third-order valence-electron chi connectivity index (χ3n) is 3.99. The first-order valence-electron chi connectivity index (χ1n) is 8.37. The van der Waals surface area contributed by atoms with E-state index in [-0.39, 0.29) is 11.4 Å². The lowest BCUT2D eigenvalue weighted by atomic mass is 9.89. The lowest BCUT2D eigenvalue weighted by molar-refractivity contribution is -0.134. The topological polar surface area (TPSA) is 26.3 Å². The van der Waals surface area contributed by atoms with Crippen LogP contribution in [0.5, 0.6) is 0 Å². The average molecular weight is 341 g/mol. The molecule has 0 saturated heterocycles. The highest BCUT2D eigenvalue weighted by atomic mass is 28.3. The van der Waals surface area contributed by atoms with Crippen LogP contribution in [-0.2, 0) is 9.53 Å². The van der Waals surface area contributed by atoms with Gasteiger partial charge in [0, 0.05) is 18.1 Å². The van der Waals surface area contributed by atoms with Gasteiger partial charge in [0.1, 0.15) is 5.76 Å². The molecule has 1 aromatic carbocycles. The van der Waals surface area contributed by atoms with E-state index >= 15 is 0 Å². The van der Waals surface area contributed by atoms with Gasteiger partial charge in [0.15, 0.2) is 0 Å². The molecule has 128 valence electrons. The van der Waals surface area contributed by atoms with Crippen LogP contribution >= 0.6 is 0 Å². The van der Waals surface area contributed by atoms with E-state index < -0.39 is 8.07 Å². The second kappa shape index (κ2) is 6.21. The fourth-order valence-electron chi connectivity index (χ4n) is 2.81. The minimum absolute atomic E-state index is 0.0130. The molecule has 0 bridgehead atoms. The van der Waals surface area contributed by atoms with E-state index in [1.807, 2.05) is 18.2 Å². The average Bonchev–Trinajstić information content (AvgIpc) is 2.69. The van der Waals surface area contributed by atoms with Crippen molar-refractivity contribution in [1.29, 1.82) is 0 Å². The summed E-state index contributed by atoms with van der Waals surface area (Å²) < 4.78 is 5.67. The number of esters is 1. The molecule has 2 nitrogen and oxygen atoms in total. The van der Waals surface area contributed by atoms with Crippen molar-refractivity contribution in [3.8, 4) is 0 Å². The highest BCUT2D eigenvalue weighted by molar-refractivity contribution is 6.84. The zero-order valence-electron chi connectivity index (χ0n) is 15.9. The number of allylic oxidation sites excluding steroid dienone is 4. The van der Waals surface area contributed by atoms with Crippen LogP contribution in [0.15, 0.2) is 47.7 Å². The Hall–Kier alpha value is -1.87. The smallest absolute Gasteiger partial charge is 0.308 e. The fraction of sp³-hybridized carbons (Fsp3) is 0.381. The molecular weight excluding hydrogens is 312 g/mol. The maximum atomic E-state index is 11.7. The van der Waals surface area contributed by atoms with E-state index in [0.29, 0.717) is 5.76 Å². The monoisotopic (exact) mass is 340 g/mol. The van der Waals surface area contributed by atoms with Crippen molar-refractivity contribution >= 4 is 25.4 Å². The van der Waals surface area contributed by atoms with Crippen molar-refractivity contribution < 1.29 is 9.53 Å². The van der Waals surface area contributed by atoms with Crippen LogP contribution in [0.25, 0.3) is 11.3 Å². The number of rotatable bonds is 3. The third kappa shape index (κ3) is 3.78. The van der Waals surface area contributed by atoms with Crippen LogP contribution in [-0.4, -0.2) is 14.0 Å². The maximum absolute atomic E-state index is 11.7. The number of ether oxygens (including phenoxy) is 1. The van der Waals surface area contributed by atoms with Gasteiger partial charge in [0.05, 0.1) is 8.07 Å². The van der Waals surface area contributed by atoms with Crippen molar-refractivity contribution in [2.45, 2.75) is 47.3 Å². The SMILES string of the molecule is C=C(C1=C(OC(C)=O)c2ccccc2/C1=C/C(C)(C)C)[Si](C)(C)C. The minimum atomic E-state index is -1.66. The summed E-state index contributed by atoms with van der Waals surface area (Å²) in [6.45, 7) is 19.2. The van der Waals surface area contributed by atoms with Gasteiger partial charge in [0.2, 0.25) is 0 Å². The van der Waals surface area contributed by atoms with Crippen LogP contribution in [0.2, 0.25) is 19.6 Å². The highest BCUT2D eigenvalue weighted by Gasteiger charge is 2.35. The summed E-state index contributed by atoms with van der Waals surface area (Å²) in [7, 11) is -1.66. The van der Waals surface area contributed by atoms with Crippen LogP contribution in [0.4, 0.5) is 0 Å². The molecule has 1 aliphatic carbocycles. The predicted molar refractivity (Wildman–Crippen MR) is 105 cm³/mol. The van der Waals surface area contributed by atoms with Gasteiger partial charge in [-0.05, 0) is 16.6 Å². The van der Waals surface area contributed by atoms with Gasteiger partial charge in [-0.3, -0.25) is 4.79 Å². The van der Waals surface area contributed by atoms with Crippen LogP contribution in [0, 0.1) is 5.41 Å². The molecular formula is C21H28O2Si. The predicted octanol–water partition coefficient (Wildman–Crippen LogP) is 5.84. The molecule has 0 N–H and O–H groups in total. The zero-order valence-corrected chi connectivity index (χ0v) is 16.9. The van der Waals surface area contributed by atoms with Crippen LogP contribution in [0.1, 0.15) is 38.8 Å². The Labute approximate surface area is 146 Å². The molecule has 0 atom stereocenters. The molecule has 1 aliphatic rings. The number of carbonyl (C=O) groups excluding carboxylic acids is 1. The van der Waals surface area contributed by atoms with Crippen molar-refractivity contribution in [2.24, 2.45) is 5.41 Å². The summed E-state index contributed by atoms with van der Waals surface area (Å²) in [6.07, 6.45) is 2.27. The first-order chi connectivity index (χ1) is 10.9. The number of hydrogen-bond acceptors (Lipinski definition) is 2. The molecule has 3 heteroatoms. The standard InChI is InChI=1S/C21H28O2Si/c1-14(24(6,7)8)19-18(13-21(3,4)5)16-11-9-10-12-17(16)20(19)23-15(2)22/h9-13H,1H2,2-8H3/b18-13-. The fourth-order valence-corrected chi connectivity index (χ4v) is 3.81. The van der Waals surface area contributed by atoms with Gasteiger partial charge in [-0.1, -0.05) is 82.5 Å². The van der Waals surface area contributed by atoms with Crippen molar-refractivity contribution in [3.63, 3.8) is 0 Å². The Kier molecular flexibility index (Phi) is 4.78. The molecule has 0 amide bonds. The quantitative estimate of drug-likeness (QED) is 0.510. The molecule has 0 unspecified atom stereocenters. The van der Waals surface area contributed by atoms with Gasteiger partial charge in [-0.25, -0.2) is 0 Å². The highest BCUT2D eigenvalue weighted by Crippen LogP contribution is 2.47. The Morgan fingerprint density at radius 3 is 2.12 bits per heavy atom. The number of benzene rings is 1. The van der Waals surface area contributed by atoms with E-state index in [0.717, 1.165) is 27.5 Å². The summed E-state index contributed by atoms with van der Waals surface area (Å²) in [4.78, 5) is 11.7. The van der Waals surface area contributed by atoms with Gasteiger partial charge < -0.3 is 4.74 Å². The zero-order chi connectivity index (χ0) is 18.3. The Bertz CT molecular complexity index is 753. The number of carbonyl (C=O) groups is 1. The van der Waals surface area contributed by atoms with E-state index in [4.69, 9.17) is 4.74 Å². The molecule has 0 radical (unpaired) electrons. The van der Waals surface area contributed by atoms with E-state index in [2.05, 4.69) is 59.1 Å². The van der Waals surface area contributed by atoms with Crippen LogP contribution < -0.4 is 0 Å². The molecule has 0 aliphatic heterocycles. The van der Waals surface area contributed by atoms with E-state index in [1.54, 1.807) is 0 Å². The summed E-state index contributed by atoms with van der Waals surface area (Å²) in [6, 6.07) is 8.13. The third-order valence-corrected chi connectivity index (χ3v) is 6.05. The number of fused-ring (bicyclic) bond motifs is 1. The molecule has 0 heterocycles. The first kappa shape index (κ1) is 18.5. The molecule has 24 heavy (non-hydrogen) atoms. The molecule has 1 aromatic rings. The normalized spacial score (nSPS) is 16.4. The minimum Gasteiger partial charge on any atom is -0.425 e.